The summed E-state index contributed by atoms with van der Waals surface area (Å²) in [6.45, 7) is 8.33. The zero-order chi connectivity index (χ0) is 19.1. The van der Waals surface area contributed by atoms with Crippen molar-refractivity contribution in [2.24, 2.45) is 0 Å². The standard InChI is InChI=1S/C21H23N3OS2/c1-14-12-18(22-10-4-5-11-22)9-8-17(14)13-19-20(25)24(21(26)27-19)23-15(2)6-7-16(23)3/h6-9,12-13H,4-5,10-11H2,1-3H3/b19-13+. The molecule has 2 aliphatic heterocycles. The van der Waals surface area contributed by atoms with Gasteiger partial charge in [-0.15, -0.1) is 0 Å². The van der Waals surface area contributed by atoms with Crippen LogP contribution in [0.4, 0.5) is 5.69 Å². The number of aromatic nitrogens is 1. The van der Waals surface area contributed by atoms with Gasteiger partial charge in [0.05, 0.1) is 4.91 Å². The summed E-state index contributed by atoms with van der Waals surface area (Å²) in [7, 11) is 0. The third-order valence-electron chi connectivity index (χ3n) is 5.22. The van der Waals surface area contributed by atoms with Crippen LogP contribution in [0.25, 0.3) is 6.08 Å². The maximum absolute atomic E-state index is 13.0. The summed E-state index contributed by atoms with van der Waals surface area (Å²) in [5.41, 5.74) is 5.51. The highest BCUT2D eigenvalue weighted by Crippen LogP contribution is 2.34. The first-order valence-corrected chi connectivity index (χ1v) is 10.5. The lowest BCUT2D eigenvalue weighted by Gasteiger charge is -2.20. The van der Waals surface area contributed by atoms with Gasteiger partial charge in [-0.2, -0.15) is 5.01 Å². The van der Waals surface area contributed by atoms with Crippen LogP contribution in [0.5, 0.6) is 0 Å². The van der Waals surface area contributed by atoms with Crippen LogP contribution in [0.3, 0.4) is 0 Å². The number of hydrogen-bond donors (Lipinski definition) is 0. The van der Waals surface area contributed by atoms with Crippen LogP contribution in [-0.2, 0) is 4.79 Å². The highest BCUT2D eigenvalue weighted by atomic mass is 32.2. The number of benzene rings is 1. The van der Waals surface area contributed by atoms with E-state index < -0.39 is 0 Å². The number of rotatable bonds is 3. The molecule has 0 radical (unpaired) electrons. The first-order chi connectivity index (χ1) is 13.0. The molecule has 2 fully saturated rings. The van der Waals surface area contributed by atoms with Crippen LogP contribution in [0, 0.1) is 20.8 Å². The zero-order valence-electron chi connectivity index (χ0n) is 15.9. The Morgan fingerprint density at radius 3 is 2.33 bits per heavy atom. The van der Waals surface area contributed by atoms with Crippen molar-refractivity contribution in [3.05, 3.63) is 57.8 Å². The van der Waals surface area contributed by atoms with Crippen LogP contribution >= 0.6 is 24.0 Å². The number of aryl methyl sites for hydroxylation is 3. The molecule has 140 valence electrons. The topological polar surface area (TPSA) is 28.5 Å². The predicted molar refractivity (Wildman–Crippen MR) is 118 cm³/mol. The third-order valence-corrected chi connectivity index (χ3v) is 6.50. The molecule has 0 N–H and O–H groups in total. The summed E-state index contributed by atoms with van der Waals surface area (Å²) >= 11 is 6.87. The Balaban J connectivity index is 1.63. The Bertz CT molecular complexity index is 935. The fraction of sp³-hybridized carbons (Fsp3) is 0.333. The van der Waals surface area contributed by atoms with Gasteiger partial charge in [-0.25, -0.2) is 0 Å². The van der Waals surface area contributed by atoms with E-state index in [0.717, 1.165) is 30.0 Å². The van der Waals surface area contributed by atoms with E-state index in [9.17, 15) is 4.79 Å². The molecule has 2 saturated heterocycles. The number of thioether (sulfide) groups is 1. The lowest BCUT2D eigenvalue weighted by molar-refractivity contribution is -0.114. The van der Waals surface area contributed by atoms with E-state index >= 15 is 0 Å². The molecule has 1 amide bonds. The SMILES string of the molecule is Cc1cc(N2CCCC2)ccc1/C=C1/SC(=S)N(n2c(C)ccc2C)C1=O. The van der Waals surface area contributed by atoms with Crippen molar-refractivity contribution < 1.29 is 4.79 Å². The van der Waals surface area contributed by atoms with Crippen molar-refractivity contribution in [2.45, 2.75) is 33.6 Å². The summed E-state index contributed by atoms with van der Waals surface area (Å²) in [5, 5.41) is 1.60. The maximum atomic E-state index is 13.0. The molecule has 0 aliphatic carbocycles. The van der Waals surface area contributed by atoms with Gasteiger partial charge in [0.25, 0.3) is 5.91 Å². The highest BCUT2D eigenvalue weighted by molar-refractivity contribution is 8.27. The van der Waals surface area contributed by atoms with E-state index in [1.807, 2.05) is 36.7 Å². The van der Waals surface area contributed by atoms with Crippen LogP contribution < -0.4 is 9.91 Å². The minimum absolute atomic E-state index is 0.0598. The average Bonchev–Trinajstić information content (AvgIpc) is 3.33. The van der Waals surface area contributed by atoms with E-state index in [1.165, 1.54) is 35.9 Å². The van der Waals surface area contributed by atoms with Crippen molar-refractivity contribution >= 4 is 46.0 Å². The average molecular weight is 398 g/mol. The summed E-state index contributed by atoms with van der Waals surface area (Å²) < 4.78 is 2.46. The smallest absolute Gasteiger partial charge is 0.285 e. The van der Waals surface area contributed by atoms with Crippen molar-refractivity contribution in [2.75, 3.05) is 23.0 Å². The first-order valence-electron chi connectivity index (χ1n) is 9.24. The summed E-state index contributed by atoms with van der Waals surface area (Å²) in [4.78, 5) is 16.1. The number of amides is 1. The van der Waals surface area contributed by atoms with Crippen LogP contribution in [-0.4, -0.2) is 28.0 Å². The number of hydrogen-bond acceptors (Lipinski definition) is 4. The van der Waals surface area contributed by atoms with E-state index in [2.05, 4.69) is 30.0 Å². The number of nitrogens with zero attached hydrogens (tertiary/aromatic N) is 3. The molecule has 4 nitrogen and oxygen atoms in total. The van der Waals surface area contributed by atoms with Gasteiger partial charge in [-0.05, 0) is 87.3 Å². The first kappa shape index (κ1) is 18.3. The van der Waals surface area contributed by atoms with Crippen molar-refractivity contribution in [3.63, 3.8) is 0 Å². The normalized spacial score (nSPS) is 19.0. The lowest BCUT2D eigenvalue weighted by Crippen LogP contribution is -2.39. The second-order valence-electron chi connectivity index (χ2n) is 7.16. The van der Waals surface area contributed by atoms with E-state index in [4.69, 9.17) is 12.2 Å². The highest BCUT2D eigenvalue weighted by Gasteiger charge is 2.34. The molecule has 0 unspecified atom stereocenters. The van der Waals surface area contributed by atoms with Gasteiger partial charge in [0, 0.05) is 30.2 Å². The number of thiocarbonyl (C=S) groups is 1. The molecule has 2 aromatic rings. The molecule has 4 rings (SSSR count). The molecule has 27 heavy (non-hydrogen) atoms. The Morgan fingerprint density at radius 2 is 1.70 bits per heavy atom. The molecule has 0 bridgehead atoms. The molecule has 6 heteroatoms. The second kappa shape index (κ2) is 7.17. The molecule has 0 spiro atoms. The molecule has 0 atom stereocenters. The molecule has 2 aliphatic rings. The van der Waals surface area contributed by atoms with Gasteiger partial charge in [-0.3, -0.25) is 9.47 Å². The molecule has 0 saturated carbocycles. The quantitative estimate of drug-likeness (QED) is 0.561. The van der Waals surface area contributed by atoms with Crippen molar-refractivity contribution in [1.29, 1.82) is 0 Å². The summed E-state index contributed by atoms with van der Waals surface area (Å²) in [6.07, 6.45) is 4.50. The summed E-state index contributed by atoms with van der Waals surface area (Å²) in [6, 6.07) is 10.5. The predicted octanol–water partition coefficient (Wildman–Crippen LogP) is 4.55. The lowest BCUT2D eigenvalue weighted by atomic mass is 10.1. The largest absolute Gasteiger partial charge is 0.372 e. The molecule has 1 aromatic heterocycles. The van der Waals surface area contributed by atoms with Crippen LogP contribution in [0.15, 0.2) is 35.2 Å². The van der Waals surface area contributed by atoms with E-state index in [1.54, 1.807) is 5.01 Å². The Kier molecular flexibility index (Phi) is 4.86. The number of carbonyl (C=O) groups is 1. The van der Waals surface area contributed by atoms with Gasteiger partial charge >= 0.3 is 0 Å². The van der Waals surface area contributed by atoms with E-state index in [-0.39, 0.29) is 5.91 Å². The maximum Gasteiger partial charge on any atom is 0.285 e. The number of anilines is 1. The third kappa shape index (κ3) is 3.32. The van der Waals surface area contributed by atoms with Crippen LogP contribution in [0.2, 0.25) is 0 Å². The monoisotopic (exact) mass is 397 g/mol. The molecular formula is C21H23N3OS2. The van der Waals surface area contributed by atoms with Gasteiger partial charge in [0.1, 0.15) is 0 Å². The minimum atomic E-state index is -0.0598. The van der Waals surface area contributed by atoms with Crippen molar-refractivity contribution in [3.8, 4) is 0 Å². The summed E-state index contributed by atoms with van der Waals surface area (Å²) in [5.74, 6) is -0.0598. The van der Waals surface area contributed by atoms with Gasteiger partial charge in [0.15, 0.2) is 4.32 Å². The molecule has 3 heterocycles. The molecule has 1 aromatic carbocycles. The minimum Gasteiger partial charge on any atom is -0.372 e. The number of carbonyl (C=O) groups excluding carboxylic acids is 1. The zero-order valence-corrected chi connectivity index (χ0v) is 17.5. The molecular weight excluding hydrogens is 374 g/mol. The van der Waals surface area contributed by atoms with Gasteiger partial charge in [-0.1, -0.05) is 17.8 Å². The Morgan fingerprint density at radius 1 is 1.04 bits per heavy atom. The van der Waals surface area contributed by atoms with Crippen molar-refractivity contribution in [1.82, 2.24) is 4.68 Å². The second-order valence-corrected chi connectivity index (χ2v) is 8.83. The van der Waals surface area contributed by atoms with Gasteiger partial charge in [0.2, 0.25) is 0 Å². The van der Waals surface area contributed by atoms with Gasteiger partial charge < -0.3 is 4.90 Å². The van der Waals surface area contributed by atoms with E-state index in [0.29, 0.717) is 9.23 Å². The Hall–Kier alpha value is -2.05. The van der Waals surface area contributed by atoms with Crippen LogP contribution in [0.1, 0.15) is 35.4 Å². The fourth-order valence-corrected chi connectivity index (χ4v) is 4.98. The fourth-order valence-electron chi connectivity index (χ4n) is 3.74. The Labute approximate surface area is 169 Å².